The molecule has 0 heterocycles. The van der Waals surface area contributed by atoms with Gasteiger partial charge < -0.3 is 4.74 Å². The third-order valence-corrected chi connectivity index (χ3v) is 3.29. The zero-order valence-electron chi connectivity index (χ0n) is 14.1. The smallest absolute Gasteiger partial charge is 0.200 e. The fourth-order valence-corrected chi connectivity index (χ4v) is 1.68. The van der Waals surface area contributed by atoms with E-state index in [1.54, 1.807) is 0 Å². The van der Waals surface area contributed by atoms with E-state index in [1.807, 2.05) is 0 Å². The van der Waals surface area contributed by atoms with Crippen LogP contribution in [0.1, 0.15) is 60.3 Å². The topological polar surface area (TPSA) is 9.23 Å². The Morgan fingerprint density at radius 1 is 1.00 bits per heavy atom. The summed E-state index contributed by atoms with van der Waals surface area (Å²) >= 11 is 0. The Balaban J connectivity index is 0.00000122. The van der Waals surface area contributed by atoms with Crippen LogP contribution in [-0.4, -0.2) is 6.61 Å². The van der Waals surface area contributed by atoms with Crippen molar-refractivity contribution in [3.8, 4) is 5.75 Å². The van der Waals surface area contributed by atoms with Crippen molar-refractivity contribution >= 4 is 0 Å². The van der Waals surface area contributed by atoms with E-state index in [1.165, 1.54) is 25.0 Å². The highest BCUT2D eigenvalue weighted by Crippen LogP contribution is 2.21. The molecule has 0 aliphatic rings. The lowest BCUT2D eigenvalue weighted by atomic mass is 9.97. The molecule has 0 amide bonds. The van der Waals surface area contributed by atoms with Crippen LogP contribution in [0.3, 0.4) is 0 Å². The first-order valence-electron chi connectivity index (χ1n) is 8.02. The van der Waals surface area contributed by atoms with Gasteiger partial charge in [-0.05, 0) is 30.4 Å². The molecule has 21 heavy (non-hydrogen) atoms. The molecule has 3 heteroatoms. The maximum atomic E-state index is 13.3. The van der Waals surface area contributed by atoms with Gasteiger partial charge in [-0.2, -0.15) is 4.39 Å². The van der Waals surface area contributed by atoms with Crippen LogP contribution in [0.25, 0.3) is 0 Å². The minimum absolute atomic E-state index is 0.00499. The zero-order valence-corrected chi connectivity index (χ0v) is 14.1. The summed E-state index contributed by atoms with van der Waals surface area (Å²) in [5.74, 6) is -0.697. The second kappa shape index (κ2) is 11.5. The van der Waals surface area contributed by atoms with Gasteiger partial charge in [-0.25, -0.2) is 4.39 Å². The van der Waals surface area contributed by atoms with Gasteiger partial charge in [0.1, 0.15) is 0 Å². The van der Waals surface area contributed by atoms with Gasteiger partial charge in [0.2, 0.25) is 5.82 Å². The molecule has 0 fully saturated rings. The minimum atomic E-state index is -0.897. The molecule has 0 radical (unpaired) electrons. The lowest BCUT2D eigenvalue weighted by Crippen LogP contribution is -2.11. The summed E-state index contributed by atoms with van der Waals surface area (Å²) in [5, 5.41) is 0. The monoisotopic (exact) mass is 300 g/mol. The summed E-state index contributed by atoms with van der Waals surface area (Å²) in [6, 6.07) is 4.01. The van der Waals surface area contributed by atoms with Crippen LogP contribution < -0.4 is 4.74 Å². The molecular weight excluding hydrogens is 270 g/mol. The average molecular weight is 300 g/mol. The summed E-state index contributed by atoms with van der Waals surface area (Å²) in [6.45, 7) is 11.1. The third-order valence-electron chi connectivity index (χ3n) is 3.29. The van der Waals surface area contributed by atoms with E-state index >= 15 is 0 Å². The van der Waals surface area contributed by atoms with Gasteiger partial charge in [0.15, 0.2) is 11.6 Å². The summed E-state index contributed by atoms with van der Waals surface area (Å²) in [4.78, 5) is 0. The maximum Gasteiger partial charge on any atom is 0.200 e. The van der Waals surface area contributed by atoms with Crippen LogP contribution in [0.5, 0.6) is 5.75 Å². The molecule has 0 aliphatic carbocycles. The highest BCUT2D eigenvalue weighted by Gasteiger charge is 2.11. The molecule has 0 saturated heterocycles. The van der Waals surface area contributed by atoms with Crippen LogP contribution in [0.15, 0.2) is 18.2 Å². The largest absolute Gasteiger partial charge is 0.490 e. The molecular formula is C18H30F2O. The van der Waals surface area contributed by atoms with Gasteiger partial charge in [0.25, 0.3) is 0 Å². The van der Waals surface area contributed by atoms with E-state index in [0.29, 0.717) is 18.4 Å². The minimum Gasteiger partial charge on any atom is -0.490 e. The summed E-state index contributed by atoms with van der Waals surface area (Å²) < 4.78 is 31.6. The highest BCUT2D eigenvalue weighted by atomic mass is 19.2. The Kier molecular flexibility index (Phi) is 10.9. The highest BCUT2D eigenvalue weighted by molar-refractivity contribution is 5.24. The number of halogens is 2. The molecule has 0 aliphatic heterocycles. The normalized spacial score (nSPS) is 13.1. The molecule has 0 bridgehead atoms. The predicted octanol–water partition coefficient (Wildman–Crippen LogP) is 6.22. The van der Waals surface area contributed by atoms with Gasteiger partial charge in [-0.1, -0.05) is 59.9 Å². The fraction of sp³-hybridized carbons (Fsp3) is 0.667. The molecule has 1 aromatic rings. The second-order valence-corrected chi connectivity index (χ2v) is 5.77. The predicted molar refractivity (Wildman–Crippen MR) is 85.7 cm³/mol. The van der Waals surface area contributed by atoms with Crippen LogP contribution in [0.4, 0.5) is 8.78 Å². The van der Waals surface area contributed by atoms with Gasteiger partial charge >= 0.3 is 0 Å². The van der Waals surface area contributed by atoms with Crippen molar-refractivity contribution in [2.24, 2.45) is 11.8 Å². The van der Waals surface area contributed by atoms with Crippen molar-refractivity contribution in [3.05, 3.63) is 29.8 Å². The van der Waals surface area contributed by atoms with Gasteiger partial charge in [-0.3, -0.25) is 0 Å². The van der Waals surface area contributed by atoms with E-state index in [-0.39, 0.29) is 5.75 Å². The first kappa shape index (κ1) is 19.9. The Labute approximate surface area is 128 Å². The lowest BCUT2D eigenvalue weighted by Gasteiger charge is -2.15. The second-order valence-electron chi connectivity index (χ2n) is 5.77. The van der Waals surface area contributed by atoms with Crippen molar-refractivity contribution in [3.63, 3.8) is 0 Å². The number of benzene rings is 1. The molecule has 0 spiro atoms. The van der Waals surface area contributed by atoms with E-state index in [2.05, 4.69) is 34.6 Å². The molecule has 0 saturated carbocycles. The van der Waals surface area contributed by atoms with E-state index in [0.717, 1.165) is 18.9 Å². The van der Waals surface area contributed by atoms with Crippen molar-refractivity contribution < 1.29 is 13.5 Å². The third kappa shape index (κ3) is 8.69. The summed E-state index contributed by atoms with van der Waals surface area (Å²) in [6.07, 6.45) is 4.62. The lowest BCUT2D eigenvalue weighted by molar-refractivity contribution is 0.231. The first-order valence-corrected chi connectivity index (χ1v) is 8.02. The molecule has 1 rings (SSSR count). The molecule has 2 atom stereocenters. The summed E-state index contributed by atoms with van der Waals surface area (Å²) in [7, 11) is 0. The van der Waals surface area contributed by atoms with E-state index in [4.69, 9.17) is 4.74 Å². The average Bonchev–Trinajstić information content (AvgIpc) is 2.47. The standard InChI is InChI=1S/C15H22F2O.C3H8/c1-4-11(2)8-9-12(3)10-18-14-7-5-6-13(16)15(14)17;1-3-2/h5-7,11-12H,4,8-10H2,1-3H3;3H2,1-2H3. The summed E-state index contributed by atoms with van der Waals surface area (Å²) in [5.41, 5.74) is 0. The Morgan fingerprint density at radius 2 is 1.57 bits per heavy atom. The maximum absolute atomic E-state index is 13.3. The van der Waals surface area contributed by atoms with Crippen molar-refractivity contribution in [2.75, 3.05) is 6.61 Å². The first-order chi connectivity index (χ1) is 9.96. The number of hydrogen-bond acceptors (Lipinski definition) is 1. The van der Waals surface area contributed by atoms with Crippen LogP contribution in [0.2, 0.25) is 0 Å². The van der Waals surface area contributed by atoms with E-state index in [9.17, 15) is 8.78 Å². The Bertz CT molecular complexity index is 379. The molecule has 1 nitrogen and oxygen atoms in total. The van der Waals surface area contributed by atoms with Crippen molar-refractivity contribution in [2.45, 2.75) is 60.3 Å². The quantitative estimate of drug-likeness (QED) is 0.580. The Morgan fingerprint density at radius 3 is 2.14 bits per heavy atom. The molecule has 122 valence electrons. The Hall–Kier alpha value is -1.12. The molecule has 0 N–H and O–H groups in total. The van der Waals surface area contributed by atoms with Crippen LogP contribution >= 0.6 is 0 Å². The fourth-order valence-electron chi connectivity index (χ4n) is 1.68. The van der Waals surface area contributed by atoms with Gasteiger partial charge in [-0.15, -0.1) is 0 Å². The van der Waals surface area contributed by atoms with Gasteiger partial charge in [0, 0.05) is 0 Å². The van der Waals surface area contributed by atoms with Crippen LogP contribution in [-0.2, 0) is 0 Å². The number of hydrogen-bond donors (Lipinski definition) is 0. The zero-order chi connectivity index (χ0) is 16.3. The SMILES string of the molecule is CCC.CCC(C)CCC(C)COc1cccc(F)c1F. The van der Waals surface area contributed by atoms with Crippen molar-refractivity contribution in [1.29, 1.82) is 0 Å². The van der Waals surface area contributed by atoms with Crippen LogP contribution in [0, 0.1) is 23.5 Å². The van der Waals surface area contributed by atoms with Gasteiger partial charge in [0.05, 0.1) is 6.61 Å². The number of ether oxygens (including phenoxy) is 1. The number of rotatable bonds is 7. The molecule has 2 unspecified atom stereocenters. The molecule has 0 aromatic heterocycles. The molecule has 1 aromatic carbocycles. The van der Waals surface area contributed by atoms with Crippen molar-refractivity contribution in [1.82, 2.24) is 0 Å². The van der Waals surface area contributed by atoms with E-state index < -0.39 is 11.6 Å².